The molecule has 90 valence electrons. The van der Waals surface area contributed by atoms with Gasteiger partial charge in [0, 0.05) is 18.4 Å². The average molecular weight is 234 g/mol. The van der Waals surface area contributed by atoms with Crippen molar-refractivity contribution in [3.8, 4) is 5.75 Å². The Morgan fingerprint density at radius 2 is 2.35 bits per heavy atom. The molecule has 2 aliphatic heterocycles. The van der Waals surface area contributed by atoms with Crippen molar-refractivity contribution < 1.29 is 14.6 Å². The van der Waals surface area contributed by atoms with Crippen LogP contribution in [0.5, 0.6) is 5.75 Å². The number of urea groups is 1. The lowest BCUT2D eigenvalue weighted by Gasteiger charge is -2.20. The van der Waals surface area contributed by atoms with E-state index < -0.39 is 0 Å². The van der Waals surface area contributed by atoms with Crippen LogP contribution in [-0.4, -0.2) is 36.4 Å². The Bertz CT molecular complexity index is 455. The number of phenolic OH excluding ortho intramolecular Hbond substituents is 1. The van der Waals surface area contributed by atoms with E-state index in [0.29, 0.717) is 25.4 Å². The molecular weight excluding hydrogens is 220 g/mol. The van der Waals surface area contributed by atoms with Crippen LogP contribution in [0, 0.1) is 0 Å². The Balaban J connectivity index is 1.87. The Morgan fingerprint density at radius 3 is 3.06 bits per heavy atom. The van der Waals surface area contributed by atoms with Crippen LogP contribution in [0.2, 0.25) is 0 Å². The predicted octanol–water partition coefficient (Wildman–Crippen LogP) is 1.08. The number of carbonyl (C=O) groups excluding carboxylic acids is 1. The standard InChI is InChI=1S/C12H14N2O3/c15-10-3-1-2-9(6-10)14-7-12(13-11(14)16)4-5-17-8-12/h1-3,6,15H,4-5,7-8H2,(H,13,16). The zero-order valence-electron chi connectivity index (χ0n) is 9.35. The number of benzene rings is 1. The van der Waals surface area contributed by atoms with Gasteiger partial charge in [0.2, 0.25) is 0 Å². The van der Waals surface area contributed by atoms with Crippen molar-refractivity contribution in [3.63, 3.8) is 0 Å². The van der Waals surface area contributed by atoms with E-state index in [1.165, 1.54) is 0 Å². The molecule has 1 aromatic carbocycles. The number of hydrogen-bond donors (Lipinski definition) is 2. The minimum atomic E-state index is -0.247. The molecule has 2 aliphatic rings. The molecule has 1 aromatic rings. The zero-order valence-corrected chi connectivity index (χ0v) is 9.35. The van der Waals surface area contributed by atoms with E-state index in [1.807, 2.05) is 6.07 Å². The summed E-state index contributed by atoms with van der Waals surface area (Å²) in [7, 11) is 0. The minimum Gasteiger partial charge on any atom is -0.508 e. The van der Waals surface area contributed by atoms with Gasteiger partial charge in [-0.25, -0.2) is 4.79 Å². The smallest absolute Gasteiger partial charge is 0.322 e. The first-order valence-electron chi connectivity index (χ1n) is 5.65. The van der Waals surface area contributed by atoms with E-state index in [2.05, 4.69) is 5.32 Å². The number of hydrogen-bond acceptors (Lipinski definition) is 3. The molecule has 1 unspecified atom stereocenters. The minimum absolute atomic E-state index is 0.124. The first kappa shape index (κ1) is 10.4. The molecule has 2 heterocycles. The second kappa shape index (κ2) is 3.63. The summed E-state index contributed by atoms with van der Waals surface area (Å²) in [4.78, 5) is 13.6. The highest BCUT2D eigenvalue weighted by Gasteiger charge is 2.45. The molecule has 0 bridgehead atoms. The lowest BCUT2D eigenvalue weighted by atomic mass is 10.0. The molecule has 3 rings (SSSR count). The second-order valence-electron chi connectivity index (χ2n) is 4.62. The molecule has 2 fully saturated rings. The van der Waals surface area contributed by atoms with Crippen LogP contribution < -0.4 is 10.2 Å². The van der Waals surface area contributed by atoms with Crippen molar-refractivity contribution in [3.05, 3.63) is 24.3 Å². The van der Waals surface area contributed by atoms with E-state index >= 15 is 0 Å². The first-order valence-corrected chi connectivity index (χ1v) is 5.65. The molecule has 2 N–H and O–H groups in total. The lowest BCUT2D eigenvalue weighted by Crippen LogP contribution is -2.43. The van der Waals surface area contributed by atoms with Crippen molar-refractivity contribution in [2.45, 2.75) is 12.0 Å². The fraction of sp³-hybridized carbons (Fsp3) is 0.417. The molecule has 0 radical (unpaired) electrons. The zero-order chi connectivity index (χ0) is 11.9. The molecule has 2 saturated heterocycles. The molecule has 2 amide bonds. The van der Waals surface area contributed by atoms with E-state index in [0.717, 1.165) is 6.42 Å². The third-order valence-electron chi connectivity index (χ3n) is 3.32. The van der Waals surface area contributed by atoms with Gasteiger partial charge in [-0.05, 0) is 18.6 Å². The third kappa shape index (κ3) is 1.72. The van der Waals surface area contributed by atoms with Crippen molar-refractivity contribution in [2.24, 2.45) is 0 Å². The van der Waals surface area contributed by atoms with E-state index in [4.69, 9.17) is 4.74 Å². The van der Waals surface area contributed by atoms with Gasteiger partial charge in [-0.3, -0.25) is 4.90 Å². The van der Waals surface area contributed by atoms with Gasteiger partial charge in [0.1, 0.15) is 5.75 Å². The second-order valence-corrected chi connectivity index (χ2v) is 4.62. The highest BCUT2D eigenvalue weighted by molar-refractivity contribution is 5.95. The Morgan fingerprint density at radius 1 is 1.47 bits per heavy atom. The summed E-state index contributed by atoms with van der Waals surface area (Å²) < 4.78 is 5.35. The highest BCUT2D eigenvalue weighted by atomic mass is 16.5. The van der Waals surface area contributed by atoms with Gasteiger partial charge in [-0.15, -0.1) is 0 Å². The number of aromatic hydroxyl groups is 1. The molecule has 5 nitrogen and oxygen atoms in total. The summed E-state index contributed by atoms with van der Waals surface area (Å²) >= 11 is 0. The number of nitrogens with zero attached hydrogens (tertiary/aromatic N) is 1. The fourth-order valence-corrected chi connectivity index (χ4v) is 2.41. The van der Waals surface area contributed by atoms with Gasteiger partial charge in [0.25, 0.3) is 0 Å². The van der Waals surface area contributed by atoms with Gasteiger partial charge < -0.3 is 15.2 Å². The van der Waals surface area contributed by atoms with Crippen LogP contribution >= 0.6 is 0 Å². The molecular formula is C12H14N2O3. The van der Waals surface area contributed by atoms with Gasteiger partial charge in [-0.1, -0.05) is 6.07 Å². The number of anilines is 1. The van der Waals surface area contributed by atoms with Crippen LogP contribution in [0.1, 0.15) is 6.42 Å². The summed E-state index contributed by atoms with van der Waals surface area (Å²) in [5.41, 5.74) is 0.467. The maximum atomic E-state index is 11.9. The number of phenols is 1. The van der Waals surface area contributed by atoms with Crippen LogP contribution in [0.25, 0.3) is 0 Å². The summed E-state index contributed by atoms with van der Waals surface area (Å²) in [6.45, 7) is 1.84. The topological polar surface area (TPSA) is 61.8 Å². The Hall–Kier alpha value is -1.75. The number of amides is 2. The Labute approximate surface area is 99.0 Å². The molecule has 0 aromatic heterocycles. The number of nitrogens with one attached hydrogen (secondary N) is 1. The van der Waals surface area contributed by atoms with Crippen molar-refractivity contribution >= 4 is 11.7 Å². The van der Waals surface area contributed by atoms with Crippen LogP contribution in [-0.2, 0) is 4.74 Å². The lowest BCUT2D eigenvalue weighted by molar-refractivity contribution is 0.176. The van der Waals surface area contributed by atoms with Gasteiger partial charge in [0.05, 0.1) is 18.7 Å². The van der Waals surface area contributed by atoms with E-state index in [1.54, 1.807) is 23.1 Å². The average Bonchev–Trinajstić information content (AvgIpc) is 2.87. The summed E-state index contributed by atoms with van der Waals surface area (Å²) in [5, 5.41) is 12.4. The van der Waals surface area contributed by atoms with Crippen LogP contribution in [0.3, 0.4) is 0 Å². The molecule has 17 heavy (non-hydrogen) atoms. The largest absolute Gasteiger partial charge is 0.508 e. The van der Waals surface area contributed by atoms with Crippen molar-refractivity contribution in [1.82, 2.24) is 5.32 Å². The van der Waals surface area contributed by atoms with Gasteiger partial charge in [0.15, 0.2) is 0 Å². The maximum absolute atomic E-state index is 11.9. The number of rotatable bonds is 1. The molecule has 0 saturated carbocycles. The van der Waals surface area contributed by atoms with Gasteiger partial charge in [-0.2, -0.15) is 0 Å². The predicted molar refractivity (Wildman–Crippen MR) is 62.2 cm³/mol. The molecule has 5 heteroatoms. The Kier molecular flexibility index (Phi) is 2.22. The highest BCUT2D eigenvalue weighted by Crippen LogP contribution is 2.30. The van der Waals surface area contributed by atoms with E-state index in [-0.39, 0.29) is 17.3 Å². The quantitative estimate of drug-likeness (QED) is 0.764. The number of carbonyl (C=O) groups is 1. The maximum Gasteiger partial charge on any atom is 0.322 e. The molecule has 1 atom stereocenters. The van der Waals surface area contributed by atoms with Gasteiger partial charge >= 0.3 is 6.03 Å². The third-order valence-corrected chi connectivity index (χ3v) is 3.32. The first-order chi connectivity index (χ1) is 8.19. The molecule has 1 spiro atoms. The summed E-state index contributed by atoms with van der Waals surface area (Å²) in [5.74, 6) is 0.166. The van der Waals surface area contributed by atoms with Crippen LogP contribution in [0.15, 0.2) is 24.3 Å². The summed E-state index contributed by atoms with van der Waals surface area (Å²) in [6, 6.07) is 6.60. The van der Waals surface area contributed by atoms with E-state index in [9.17, 15) is 9.90 Å². The normalized spacial score (nSPS) is 27.8. The van der Waals surface area contributed by atoms with Crippen molar-refractivity contribution in [1.29, 1.82) is 0 Å². The fourth-order valence-electron chi connectivity index (χ4n) is 2.41. The van der Waals surface area contributed by atoms with Crippen LogP contribution in [0.4, 0.5) is 10.5 Å². The monoisotopic (exact) mass is 234 g/mol. The summed E-state index contributed by atoms with van der Waals surface area (Å²) in [6.07, 6.45) is 0.841. The SMILES string of the molecule is O=C1NC2(CCOC2)CN1c1cccc(O)c1. The molecule has 0 aliphatic carbocycles. The number of ether oxygens (including phenoxy) is 1. The van der Waals surface area contributed by atoms with Crippen molar-refractivity contribution in [2.75, 3.05) is 24.7 Å².